The van der Waals surface area contributed by atoms with E-state index in [-0.39, 0.29) is 25.0 Å². The van der Waals surface area contributed by atoms with Gasteiger partial charge < -0.3 is 10.4 Å². The second-order valence-corrected chi connectivity index (χ2v) is 7.99. The zero-order valence-corrected chi connectivity index (χ0v) is 16.7. The highest BCUT2D eigenvalue weighted by atomic mass is 32.2. The van der Waals surface area contributed by atoms with Crippen molar-refractivity contribution >= 4 is 46.2 Å². The van der Waals surface area contributed by atoms with Crippen molar-refractivity contribution in [3.8, 4) is 0 Å². The van der Waals surface area contributed by atoms with Gasteiger partial charge in [0, 0.05) is 0 Å². The third-order valence-corrected chi connectivity index (χ3v) is 5.56. The predicted molar refractivity (Wildman–Crippen MR) is 115 cm³/mol. The van der Waals surface area contributed by atoms with Gasteiger partial charge in [-0.25, -0.2) is 0 Å². The topological polar surface area (TPSA) is 69.6 Å². The van der Waals surface area contributed by atoms with E-state index in [2.05, 4.69) is 5.32 Å². The van der Waals surface area contributed by atoms with Crippen molar-refractivity contribution in [3.63, 3.8) is 0 Å². The molecule has 0 saturated carbocycles. The molecule has 1 atom stereocenters. The average Bonchev–Trinajstić information content (AvgIpc) is 2.96. The number of benzene rings is 2. The SMILES string of the molecule is O=C(CN1C(=O)C(=Cc2ccccc2)SC1=S)N[C@@H](CO)Cc1ccccc1. The lowest BCUT2D eigenvalue weighted by Crippen LogP contribution is -2.45. The summed E-state index contributed by atoms with van der Waals surface area (Å²) in [5.74, 6) is -0.634. The van der Waals surface area contributed by atoms with Gasteiger partial charge >= 0.3 is 0 Å². The second kappa shape index (κ2) is 9.64. The first kappa shape index (κ1) is 20.3. The highest BCUT2D eigenvalue weighted by Crippen LogP contribution is 2.32. The van der Waals surface area contributed by atoms with E-state index >= 15 is 0 Å². The van der Waals surface area contributed by atoms with E-state index < -0.39 is 6.04 Å². The maximum Gasteiger partial charge on any atom is 0.266 e. The Morgan fingerprint density at radius 3 is 2.43 bits per heavy atom. The Bertz CT molecular complexity index is 885. The number of carbonyl (C=O) groups is 2. The molecule has 0 aliphatic carbocycles. The summed E-state index contributed by atoms with van der Waals surface area (Å²) in [5, 5.41) is 12.3. The van der Waals surface area contributed by atoms with Crippen LogP contribution in [0.1, 0.15) is 11.1 Å². The van der Waals surface area contributed by atoms with Gasteiger partial charge in [0.15, 0.2) is 0 Å². The summed E-state index contributed by atoms with van der Waals surface area (Å²) in [6.45, 7) is -0.352. The number of rotatable bonds is 7. The number of thiocarbonyl (C=S) groups is 1. The molecule has 2 aromatic carbocycles. The Morgan fingerprint density at radius 2 is 1.79 bits per heavy atom. The first-order chi connectivity index (χ1) is 13.6. The number of thioether (sulfide) groups is 1. The van der Waals surface area contributed by atoms with E-state index in [1.807, 2.05) is 60.7 Å². The molecular formula is C21H20N2O3S2. The summed E-state index contributed by atoms with van der Waals surface area (Å²) in [6.07, 6.45) is 2.28. The van der Waals surface area contributed by atoms with Crippen molar-refractivity contribution in [2.45, 2.75) is 12.5 Å². The van der Waals surface area contributed by atoms with Gasteiger partial charge in [-0.15, -0.1) is 0 Å². The number of nitrogens with zero attached hydrogens (tertiary/aromatic N) is 1. The summed E-state index contributed by atoms with van der Waals surface area (Å²) in [6, 6.07) is 18.7. The number of carbonyl (C=O) groups excluding carboxylic acids is 2. The van der Waals surface area contributed by atoms with Crippen LogP contribution in [0.25, 0.3) is 6.08 Å². The lowest BCUT2D eigenvalue weighted by molar-refractivity contribution is -0.129. The standard InChI is InChI=1S/C21H20N2O3S2/c24-14-17(11-15-7-3-1-4-8-15)22-19(25)13-23-20(26)18(28-21(23)27)12-16-9-5-2-6-10-16/h1-10,12,17,24H,11,13-14H2,(H,22,25)/t17-/m1/s1. The molecule has 1 aliphatic heterocycles. The summed E-state index contributed by atoms with van der Waals surface area (Å²) < 4.78 is 0.353. The average molecular weight is 413 g/mol. The third kappa shape index (κ3) is 5.28. The number of aliphatic hydroxyl groups is 1. The van der Waals surface area contributed by atoms with Crippen molar-refractivity contribution in [2.24, 2.45) is 0 Å². The molecule has 0 unspecified atom stereocenters. The molecule has 1 fully saturated rings. The Balaban J connectivity index is 1.61. The molecule has 28 heavy (non-hydrogen) atoms. The second-order valence-electron chi connectivity index (χ2n) is 6.32. The van der Waals surface area contributed by atoms with Crippen LogP contribution in [0.5, 0.6) is 0 Å². The maximum absolute atomic E-state index is 12.6. The Labute approximate surface area is 173 Å². The molecule has 3 rings (SSSR count). The van der Waals surface area contributed by atoms with Crippen LogP contribution in [0.3, 0.4) is 0 Å². The molecule has 2 aromatic rings. The molecule has 2 N–H and O–H groups in total. The quantitative estimate of drug-likeness (QED) is 0.540. The lowest BCUT2D eigenvalue weighted by Gasteiger charge is -2.19. The maximum atomic E-state index is 12.6. The van der Waals surface area contributed by atoms with Gasteiger partial charge in [-0.2, -0.15) is 0 Å². The minimum absolute atomic E-state index is 0.165. The molecular weight excluding hydrogens is 392 g/mol. The van der Waals surface area contributed by atoms with E-state index in [0.717, 1.165) is 11.1 Å². The van der Waals surface area contributed by atoms with Gasteiger partial charge in [0.05, 0.1) is 17.6 Å². The fourth-order valence-corrected chi connectivity index (χ4v) is 4.07. The van der Waals surface area contributed by atoms with Crippen LogP contribution in [0.15, 0.2) is 65.6 Å². The molecule has 1 saturated heterocycles. The zero-order chi connectivity index (χ0) is 19.9. The van der Waals surface area contributed by atoms with Crippen molar-refractivity contribution in [1.29, 1.82) is 0 Å². The van der Waals surface area contributed by atoms with Crippen LogP contribution >= 0.6 is 24.0 Å². The van der Waals surface area contributed by atoms with Gasteiger partial charge in [0.2, 0.25) is 5.91 Å². The molecule has 7 heteroatoms. The van der Waals surface area contributed by atoms with Gasteiger partial charge in [-0.3, -0.25) is 14.5 Å². The van der Waals surface area contributed by atoms with E-state index in [0.29, 0.717) is 15.6 Å². The summed E-state index contributed by atoms with van der Waals surface area (Å²) >= 11 is 6.46. The third-order valence-electron chi connectivity index (χ3n) is 4.18. The smallest absolute Gasteiger partial charge is 0.266 e. The van der Waals surface area contributed by atoms with Crippen molar-refractivity contribution < 1.29 is 14.7 Å². The normalized spacial score (nSPS) is 16.5. The molecule has 144 valence electrons. The fraction of sp³-hybridized carbons (Fsp3) is 0.190. The molecule has 0 aromatic heterocycles. The van der Waals surface area contributed by atoms with Crippen LogP contribution in [-0.4, -0.2) is 45.3 Å². The van der Waals surface area contributed by atoms with Crippen molar-refractivity contribution in [1.82, 2.24) is 10.2 Å². The summed E-state index contributed by atoms with van der Waals surface area (Å²) in [4.78, 5) is 26.8. The van der Waals surface area contributed by atoms with Crippen molar-refractivity contribution in [2.75, 3.05) is 13.2 Å². The summed E-state index contributed by atoms with van der Waals surface area (Å²) in [7, 11) is 0. The van der Waals surface area contributed by atoms with Gasteiger partial charge in [-0.1, -0.05) is 84.6 Å². The highest BCUT2D eigenvalue weighted by Gasteiger charge is 2.33. The molecule has 1 heterocycles. The Kier molecular flexibility index (Phi) is 6.97. The lowest BCUT2D eigenvalue weighted by atomic mass is 10.1. The number of aliphatic hydroxyl groups excluding tert-OH is 1. The molecule has 1 aliphatic rings. The molecule has 2 amide bonds. The number of amides is 2. The van der Waals surface area contributed by atoms with E-state index in [4.69, 9.17) is 12.2 Å². The van der Waals surface area contributed by atoms with Crippen LogP contribution in [0.4, 0.5) is 0 Å². The van der Waals surface area contributed by atoms with Gasteiger partial charge in [-0.05, 0) is 23.6 Å². The van der Waals surface area contributed by atoms with Crippen LogP contribution < -0.4 is 5.32 Å². The predicted octanol–water partition coefficient (Wildman–Crippen LogP) is 2.61. The van der Waals surface area contributed by atoms with Crippen molar-refractivity contribution in [3.05, 3.63) is 76.7 Å². The monoisotopic (exact) mass is 412 g/mol. The van der Waals surface area contributed by atoms with Crippen LogP contribution in [0, 0.1) is 0 Å². The van der Waals surface area contributed by atoms with E-state index in [9.17, 15) is 14.7 Å². The molecule has 0 bridgehead atoms. The first-order valence-corrected chi connectivity index (χ1v) is 10.0. The zero-order valence-electron chi connectivity index (χ0n) is 15.1. The van der Waals surface area contributed by atoms with E-state index in [1.54, 1.807) is 6.08 Å². The van der Waals surface area contributed by atoms with Crippen LogP contribution in [0.2, 0.25) is 0 Å². The van der Waals surface area contributed by atoms with E-state index in [1.165, 1.54) is 16.7 Å². The number of nitrogens with one attached hydrogen (secondary N) is 1. The Morgan fingerprint density at radius 1 is 1.14 bits per heavy atom. The fourth-order valence-electron chi connectivity index (χ4n) is 2.81. The summed E-state index contributed by atoms with van der Waals surface area (Å²) in [5.41, 5.74) is 1.91. The molecule has 0 spiro atoms. The minimum Gasteiger partial charge on any atom is -0.394 e. The molecule has 0 radical (unpaired) electrons. The van der Waals surface area contributed by atoms with Gasteiger partial charge in [0.1, 0.15) is 10.9 Å². The Hall–Kier alpha value is -2.48. The van der Waals surface area contributed by atoms with Gasteiger partial charge in [0.25, 0.3) is 5.91 Å². The largest absolute Gasteiger partial charge is 0.394 e. The number of hydrogen-bond acceptors (Lipinski definition) is 5. The highest BCUT2D eigenvalue weighted by molar-refractivity contribution is 8.26. The minimum atomic E-state index is -0.423. The molecule has 5 nitrogen and oxygen atoms in total. The number of hydrogen-bond donors (Lipinski definition) is 2. The first-order valence-electron chi connectivity index (χ1n) is 8.81. The van der Waals surface area contributed by atoms with Crippen LogP contribution in [-0.2, 0) is 16.0 Å².